The standard InChI is InChI=1S/C17H27ClN2O2S/c1-15(2)8-13-23(21,22)20-10-3-9-19(11-12-20)14-16-4-6-17(18)7-5-16/h4-7,15H,3,8-14H2,1-2H3. The van der Waals surface area contributed by atoms with Crippen molar-refractivity contribution in [3.05, 3.63) is 34.9 Å². The third kappa shape index (κ3) is 6.07. The first-order valence-electron chi connectivity index (χ1n) is 8.31. The van der Waals surface area contributed by atoms with Gasteiger partial charge < -0.3 is 0 Å². The third-order valence-electron chi connectivity index (χ3n) is 4.21. The minimum absolute atomic E-state index is 0.266. The molecule has 0 spiro atoms. The highest BCUT2D eigenvalue weighted by Crippen LogP contribution is 2.15. The molecule has 1 aromatic rings. The van der Waals surface area contributed by atoms with Gasteiger partial charge in [0.1, 0.15) is 0 Å². The lowest BCUT2D eigenvalue weighted by molar-refractivity contribution is 0.278. The molecule has 0 N–H and O–H groups in total. The van der Waals surface area contributed by atoms with Crippen molar-refractivity contribution in [2.75, 3.05) is 31.9 Å². The molecule has 0 saturated carbocycles. The van der Waals surface area contributed by atoms with Gasteiger partial charge in [-0.15, -0.1) is 0 Å². The molecule has 1 aliphatic heterocycles. The van der Waals surface area contributed by atoms with E-state index >= 15 is 0 Å². The third-order valence-corrected chi connectivity index (χ3v) is 6.37. The van der Waals surface area contributed by atoms with Crippen LogP contribution in [0.3, 0.4) is 0 Å². The number of hydrogen-bond acceptors (Lipinski definition) is 3. The van der Waals surface area contributed by atoms with E-state index in [0.717, 1.165) is 37.5 Å². The summed E-state index contributed by atoms with van der Waals surface area (Å²) in [6.07, 6.45) is 1.61. The van der Waals surface area contributed by atoms with Crippen LogP contribution in [-0.4, -0.2) is 49.6 Å². The van der Waals surface area contributed by atoms with Gasteiger partial charge in [0.25, 0.3) is 0 Å². The van der Waals surface area contributed by atoms with E-state index in [4.69, 9.17) is 11.6 Å². The second kappa shape index (κ2) is 8.47. The van der Waals surface area contributed by atoms with Crippen LogP contribution >= 0.6 is 11.6 Å². The van der Waals surface area contributed by atoms with E-state index < -0.39 is 10.0 Å². The van der Waals surface area contributed by atoms with Crippen molar-refractivity contribution in [3.8, 4) is 0 Å². The molecule has 4 nitrogen and oxygen atoms in total. The molecule has 1 fully saturated rings. The number of sulfonamides is 1. The van der Waals surface area contributed by atoms with Gasteiger partial charge in [-0.25, -0.2) is 12.7 Å². The number of hydrogen-bond donors (Lipinski definition) is 0. The maximum atomic E-state index is 12.4. The van der Waals surface area contributed by atoms with Gasteiger partial charge >= 0.3 is 0 Å². The van der Waals surface area contributed by atoms with E-state index in [1.807, 2.05) is 24.3 Å². The highest BCUT2D eigenvalue weighted by atomic mass is 35.5. The zero-order valence-electron chi connectivity index (χ0n) is 14.0. The van der Waals surface area contributed by atoms with E-state index in [0.29, 0.717) is 19.0 Å². The van der Waals surface area contributed by atoms with Crippen molar-refractivity contribution in [1.29, 1.82) is 0 Å². The van der Waals surface area contributed by atoms with Crippen LogP contribution in [0.1, 0.15) is 32.3 Å². The van der Waals surface area contributed by atoms with Gasteiger partial charge in [0.05, 0.1) is 5.75 Å². The molecule has 1 aromatic carbocycles. The van der Waals surface area contributed by atoms with Crippen LogP contribution in [-0.2, 0) is 16.6 Å². The molecular weight excluding hydrogens is 332 g/mol. The molecule has 0 unspecified atom stereocenters. The zero-order chi connectivity index (χ0) is 16.9. The monoisotopic (exact) mass is 358 g/mol. The molecule has 0 atom stereocenters. The number of rotatable bonds is 6. The highest BCUT2D eigenvalue weighted by molar-refractivity contribution is 7.89. The van der Waals surface area contributed by atoms with E-state index in [1.165, 1.54) is 5.56 Å². The second-order valence-electron chi connectivity index (χ2n) is 6.65. The molecule has 0 bridgehead atoms. The van der Waals surface area contributed by atoms with Crippen molar-refractivity contribution < 1.29 is 8.42 Å². The molecule has 1 saturated heterocycles. The maximum Gasteiger partial charge on any atom is 0.214 e. The summed E-state index contributed by atoms with van der Waals surface area (Å²) in [7, 11) is -3.11. The van der Waals surface area contributed by atoms with Crippen LogP contribution in [0, 0.1) is 5.92 Å². The molecule has 130 valence electrons. The Morgan fingerprint density at radius 1 is 1.09 bits per heavy atom. The Labute approximate surface area is 145 Å². The fourth-order valence-corrected chi connectivity index (χ4v) is 4.67. The van der Waals surface area contributed by atoms with Crippen molar-refractivity contribution in [2.24, 2.45) is 5.92 Å². The molecule has 23 heavy (non-hydrogen) atoms. The average molecular weight is 359 g/mol. The van der Waals surface area contributed by atoms with E-state index in [2.05, 4.69) is 18.7 Å². The molecule has 0 amide bonds. The zero-order valence-corrected chi connectivity index (χ0v) is 15.6. The van der Waals surface area contributed by atoms with Gasteiger partial charge in [0.15, 0.2) is 0 Å². The first-order chi connectivity index (χ1) is 10.9. The number of nitrogens with zero attached hydrogens (tertiary/aromatic N) is 2. The molecular formula is C17H27ClN2O2S. The molecule has 0 aromatic heterocycles. The smallest absolute Gasteiger partial charge is 0.214 e. The van der Waals surface area contributed by atoms with Crippen molar-refractivity contribution in [1.82, 2.24) is 9.21 Å². The lowest BCUT2D eigenvalue weighted by Gasteiger charge is -2.22. The highest BCUT2D eigenvalue weighted by Gasteiger charge is 2.25. The number of benzene rings is 1. The fraction of sp³-hybridized carbons (Fsp3) is 0.647. The first kappa shape index (κ1) is 18.7. The van der Waals surface area contributed by atoms with Crippen LogP contribution < -0.4 is 0 Å². The van der Waals surface area contributed by atoms with E-state index in [9.17, 15) is 8.42 Å². The van der Waals surface area contributed by atoms with Crippen LogP contribution in [0.15, 0.2) is 24.3 Å². The average Bonchev–Trinajstić information content (AvgIpc) is 2.74. The molecule has 2 rings (SSSR count). The first-order valence-corrected chi connectivity index (χ1v) is 10.3. The Kier molecular flexibility index (Phi) is 6.89. The van der Waals surface area contributed by atoms with E-state index in [1.54, 1.807) is 4.31 Å². The van der Waals surface area contributed by atoms with Gasteiger partial charge in [-0.05, 0) is 43.0 Å². The SMILES string of the molecule is CC(C)CCS(=O)(=O)N1CCCN(Cc2ccc(Cl)cc2)CC1. The van der Waals surface area contributed by atoms with Gasteiger partial charge in [-0.3, -0.25) is 4.90 Å². The van der Waals surface area contributed by atoms with Crippen LogP contribution in [0.4, 0.5) is 0 Å². The predicted octanol–water partition coefficient (Wildman–Crippen LogP) is 3.22. The fourth-order valence-electron chi connectivity index (χ4n) is 2.75. The molecule has 1 aliphatic rings. The summed E-state index contributed by atoms with van der Waals surface area (Å²) < 4.78 is 26.6. The second-order valence-corrected chi connectivity index (χ2v) is 9.18. The van der Waals surface area contributed by atoms with Gasteiger partial charge in [0.2, 0.25) is 10.0 Å². The largest absolute Gasteiger partial charge is 0.298 e. The molecule has 6 heteroatoms. The summed E-state index contributed by atoms with van der Waals surface area (Å²) in [6.45, 7) is 7.91. The summed E-state index contributed by atoms with van der Waals surface area (Å²) in [5, 5.41) is 0.743. The predicted molar refractivity (Wildman–Crippen MR) is 96.2 cm³/mol. The van der Waals surface area contributed by atoms with Crippen LogP contribution in [0.5, 0.6) is 0 Å². The summed E-state index contributed by atoms with van der Waals surface area (Å²) in [5.74, 6) is 0.681. The molecule has 0 aliphatic carbocycles. The molecule has 0 radical (unpaired) electrons. The molecule has 1 heterocycles. The Morgan fingerprint density at radius 3 is 2.43 bits per heavy atom. The summed E-state index contributed by atoms with van der Waals surface area (Å²) in [5.41, 5.74) is 1.21. The Hall–Kier alpha value is -0.620. The van der Waals surface area contributed by atoms with Crippen LogP contribution in [0.2, 0.25) is 5.02 Å². The van der Waals surface area contributed by atoms with Crippen molar-refractivity contribution in [3.63, 3.8) is 0 Å². The minimum atomic E-state index is -3.11. The van der Waals surface area contributed by atoms with Gasteiger partial charge in [-0.1, -0.05) is 37.6 Å². The Balaban J connectivity index is 1.90. The quantitative estimate of drug-likeness (QED) is 0.783. The van der Waals surface area contributed by atoms with Crippen LogP contribution in [0.25, 0.3) is 0 Å². The Morgan fingerprint density at radius 2 is 1.78 bits per heavy atom. The van der Waals surface area contributed by atoms with Crippen molar-refractivity contribution >= 4 is 21.6 Å². The normalized spacial score (nSPS) is 18.3. The van der Waals surface area contributed by atoms with Gasteiger partial charge in [0, 0.05) is 31.2 Å². The van der Waals surface area contributed by atoms with E-state index in [-0.39, 0.29) is 5.75 Å². The topological polar surface area (TPSA) is 40.6 Å². The summed E-state index contributed by atoms with van der Waals surface area (Å²) >= 11 is 5.91. The van der Waals surface area contributed by atoms with Crippen molar-refractivity contribution in [2.45, 2.75) is 33.2 Å². The summed E-state index contributed by atoms with van der Waals surface area (Å²) in [4.78, 5) is 2.32. The lowest BCUT2D eigenvalue weighted by atomic mass is 10.2. The minimum Gasteiger partial charge on any atom is -0.298 e. The lowest BCUT2D eigenvalue weighted by Crippen LogP contribution is -2.36. The maximum absolute atomic E-state index is 12.4. The summed E-state index contributed by atoms with van der Waals surface area (Å²) in [6, 6.07) is 7.86. The van der Waals surface area contributed by atoms with Gasteiger partial charge in [-0.2, -0.15) is 0 Å². The number of halogens is 1. The Bertz CT molecular complexity index is 587.